The number of fused-ring (bicyclic) bond motifs is 1. The highest BCUT2D eigenvalue weighted by molar-refractivity contribution is 7.99. The van der Waals surface area contributed by atoms with Gasteiger partial charge in [-0.2, -0.15) is 9.61 Å². The summed E-state index contributed by atoms with van der Waals surface area (Å²) in [4.78, 5) is 27.4. The maximum Gasteiger partial charge on any atom is 0.316 e. The Balaban J connectivity index is 2.20. The molecule has 0 aliphatic rings. The molecule has 0 saturated carbocycles. The molecule has 0 fully saturated rings. The molecule has 0 bridgehead atoms. The van der Waals surface area contributed by atoms with Crippen LogP contribution in [-0.2, 0) is 10.5 Å². The third-order valence-corrected chi connectivity index (χ3v) is 4.94. The third-order valence-electron chi connectivity index (χ3n) is 2.47. The Kier molecular flexibility index (Phi) is 4.20. The molecule has 2 aromatic rings. The zero-order chi connectivity index (χ0) is 14.0. The van der Waals surface area contributed by atoms with Crippen LogP contribution in [0.25, 0.3) is 4.96 Å². The van der Waals surface area contributed by atoms with Gasteiger partial charge in [-0.05, 0) is 13.3 Å². The first-order valence-corrected chi connectivity index (χ1v) is 7.58. The van der Waals surface area contributed by atoms with Crippen LogP contribution in [0.3, 0.4) is 0 Å². The number of thioether (sulfide) groups is 1. The number of carbonyl (C=O) groups is 1. The molecule has 0 spiro atoms. The summed E-state index contributed by atoms with van der Waals surface area (Å²) in [5, 5.41) is 13.4. The van der Waals surface area contributed by atoms with Crippen LogP contribution in [0, 0.1) is 6.92 Å². The lowest BCUT2D eigenvalue weighted by Gasteiger charge is -2.06. The van der Waals surface area contributed by atoms with Crippen molar-refractivity contribution in [2.24, 2.45) is 0 Å². The van der Waals surface area contributed by atoms with Gasteiger partial charge in [-0.1, -0.05) is 18.3 Å². The molecule has 2 rings (SSSR count). The highest BCUT2D eigenvalue weighted by Gasteiger charge is 2.17. The summed E-state index contributed by atoms with van der Waals surface area (Å²) >= 11 is 2.63. The number of carboxylic acid groups (broad SMARTS) is 1. The molecule has 1 unspecified atom stereocenters. The van der Waals surface area contributed by atoms with Gasteiger partial charge >= 0.3 is 5.97 Å². The highest BCUT2D eigenvalue weighted by atomic mass is 32.2. The van der Waals surface area contributed by atoms with Crippen molar-refractivity contribution < 1.29 is 9.90 Å². The van der Waals surface area contributed by atoms with Crippen molar-refractivity contribution >= 4 is 34.0 Å². The fourth-order valence-corrected chi connectivity index (χ4v) is 3.51. The number of aliphatic carboxylic acids is 1. The van der Waals surface area contributed by atoms with Gasteiger partial charge in [0.2, 0.25) is 4.96 Å². The molecule has 0 radical (unpaired) electrons. The van der Waals surface area contributed by atoms with E-state index in [1.54, 1.807) is 6.92 Å². The van der Waals surface area contributed by atoms with E-state index in [0.717, 1.165) is 0 Å². The summed E-state index contributed by atoms with van der Waals surface area (Å²) < 4.78 is 1.26. The number of rotatable bonds is 5. The minimum Gasteiger partial charge on any atom is -0.480 e. The maximum atomic E-state index is 11.7. The predicted octanol–water partition coefficient (Wildman–Crippen LogP) is 1.56. The van der Waals surface area contributed by atoms with Crippen molar-refractivity contribution in [3.8, 4) is 0 Å². The van der Waals surface area contributed by atoms with Gasteiger partial charge in [0, 0.05) is 17.5 Å². The Morgan fingerprint density at radius 3 is 3.00 bits per heavy atom. The Labute approximate surface area is 117 Å². The van der Waals surface area contributed by atoms with Gasteiger partial charge in [0.1, 0.15) is 10.3 Å². The van der Waals surface area contributed by atoms with E-state index in [1.165, 1.54) is 33.7 Å². The average Bonchev–Trinajstić information content (AvgIpc) is 2.72. The lowest BCUT2D eigenvalue weighted by Crippen LogP contribution is -2.15. The summed E-state index contributed by atoms with van der Waals surface area (Å²) in [5.41, 5.74) is 0.449. The number of aryl methyl sites for hydroxylation is 1. The zero-order valence-corrected chi connectivity index (χ0v) is 12.1. The van der Waals surface area contributed by atoms with E-state index in [0.29, 0.717) is 27.8 Å². The normalized spacial score (nSPS) is 12.7. The van der Waals surface area contributed by atoms with Gasteiger partial charge in [0.05, 0.1) is 0 Å². The molecule has 2 aromatic heterocycles. The van der Waals surface area contributed by atoms with Crippen molar-refractivity contribution in [3.63, 3.8) is 0 Å². The fraction of sp³-hybridized carbons (Fsp3) is 0.455. The molecule has 2 heterocycles. The van der Waals surface area contributed by atoms with Crippen LogP contribution in [0.4, 0.5) is 0 Å². The molecule has 0 amide bonds. The quantitative estimate of drug-likeness (QED) is 0.902. The number of hydrogen-bond acceptors (Lipinski definition) is 6. The molecule has 1 N–H and O–H groups in total. The van der Waals surface area contributed by atoms with Crippen LogP contribution in [0.15, 0.2) is 10.9 Å². The van der Waals surface area contributed by atoms with Crippen molar-refractivity contribution in [2.75, 3.05) is 0 Å². The van der Waals surface area contributed by atoms with Gasteiger partial charge in [0.25, 0.3) is 5.56 Å². The first-order chi connectivity index (χ1) is 9.01. The Bertz CT molecular complexity index is 665. The highest BCUT2D eigenvalue weighted by Crippen LogP contribution is 2.23. The van der Waals surface area contributed by atoms with E-state index in [9.17, 15) is 9.59 Å². The molecule has 0 saturated heterocycles. The first kappa shape index (κ1) is 14.0. The van der Waals surface area contributed by atoms with Crippen LogP contribution in [0.1, 0.15) is 24.0 Å². The molecule has 0 aromatic carbocycles. The predicted molar refractivity (Wildman–Crippen MR) is 74.9 cm³/mol. The third kappa shape index (κ3) is 3.13. The Morgan fingerprint density at radius 2 is 2.37 bits per heavy atom. The van der Waals surface area contributed by atoms with E-state index in [4.69, 9.17) is 5.11 Å². The molecule has 102 valence electrons. The summed E-state index contributed by atoms with van der Waals surface area (Å²) in [7, 11) is 0. The Hall–Kier alpha value is -1.41. The topological polar surface area (TPSA) is 84.6 Å². The zero-order valence-electron chi connectivity index (χ0n) is 10.5. The van der Waals surface area contributed by atoms with Crippen molar-refractivity contribution in [3.05, 3.63) is 27.1 Å². The van der Waals surface area contributed by atoms with Crippen LogP contribution < -0.4 is 5.56 Å². The van der Waals surface area contributed by atoms with E-state index in [-0.39, 0.29) is 5.56 Å². The van der Waals surface area contributed by atoms with Crippen molar-refractivity contribution in [2.45, 2.75) is 31.3 Å². The van der Waals surface area contributed by atoms with Crippen molar-refractivity contribution in [1.29, 1.82) is 0 Å². The van der Waals surface area contributed by atoms with E-state index < -0.39 is 11.2 Å². The van der Waals surface area contributed by atoms with Crippen molar-refractivity contribution in [1.82, 2.24) is 14.6 Å². The minimum atomic E-state index is -0.820. The number of hydrogen-bond donors (Lipinski definition) is 1. The second kappa shape index (κ2) is 5.70. The van der Waals surface area contributed by atoms with Crippen LogP contribution in [0.2, 0.25) is 0 Å². The lowest BCUT2D eigenvalue weighted by atomic mass is 10.3. The standard InChI is InChI=1S/C11H13N3O3S2/c1-3-7(10(16)17)18-5-8-13-14-9(15)4-6(2)12-11(14)19-8/h4,7H,3,5H2,1-2H3,(H,16,17). The molecule has 19 heavy (non-hydrogen) atoms. The molecular weight excluding hydrogens is 286 g/mol. The van der Waals surface area contributed by atoms with Gasteiger partial charge in [-0.3, -0.25) is 9.59 Å². The summed E-state index contributed by atoms with van der Waals surface area (Å²) in [6.45, 7) is 3.59. The summed E-state index contributed by atoms with van der Waals surface area (Å²) in [6.07, 6.45) is 0.558. The smallest absolute Gasteiger partial charge is 0.316 e. The molecule has 8 heteroatoms. The van der Waals surface area contributed by atoms with Crippen LogP contribution in [-0.4, -0.2) is 30.9 Å². The van der Waals surface area contributed by atoms with E-state index in [2.05, 4.69) is 10.1 Å². The lowest BCUT2D eigenvalue weighted by molar-refractivity contribution is -0.136. The Morgan fingerprint density at radius 1 is 1.63 bits per heavy atom. The summed E-state index contributed by atoms with van der Waals surface area (Å²) in [5.74, 6) is -0.350. The molecule has 6 nitrogen and oxygen atoms in total. The maximum absolute atomic E-state index is 11.7. The van der Waals surface area contributed by atoms with E-state index in [1.807, 2.05) is 6.92 Å². The number of carboxylic acids is 1. The average molecular weight is 299 g/mol. The second-order valence-electron chi connectivity index (χ2n) is 3.97. The number of aromatic nitrogens is 3. The van der Waals surface area contributed by atoms with Crippen LogP contribution >= 0.6 is 23.1 Å². The first-order valence-electron chi connectivity index (χ1n) is 5.72. The largest absolute Gasteiger partial charge is 0.480 e. The summed E-state index contributed by atoms with van der Waals surface area (Å²) in [6, 6.07) is 1.43. The SMILES string of the molecule is CCC(SCc1nn2c(=O)cc(C)nc2s1)C(=O)O. The van der Waals surface area contributed by atoms with Crippen LogP contribution in [0.5, 0.6) is 0 Å². The second-order valence-corrected chi connectivity index (χ2v) is 6.20. The monoisotopic (exact) mass is 299 g/mol. The molecule has 1 atom stereocenters. The molecule has 0 aliphatic carbocycles. The fourth-order valence-electron chi connectivity index (χ4n) is 1.55. The van der Waals surface area contributed by atoms with E-state index >= 15 is 0 Å². The van der Waals surface area contributed by atoms with Gasteiger partial charge in [-0.15, -0.1) is 11.8 Å². The minimum absolute atomic E-state index is 0.208. The molecule has 0 aliphatic heterocycles. The van der Waals surface area contributed by atoms with Gasteiger partial charge in [0.15, 0.2) is 0 Å². The number of nitrogens with zero attached hydrogens (tertiary/aromatic N) is 3. The molecular formula is C11H13N3O3S2. The van der Waals surface area contributed by atoms with Gasteiger partial charge in [-0.25, -0.2) is 4.98 Å². The van der Waals surface area contributed by atoms with Gasteiger partial charge < -0.3 is 5.11 Å².